The Morgan fingerprint density at radius 1 is 0.822 bits per heavy atom. The molecule has 0 saturated carbocycles. The summed E-state index contributed by atoms with van der Waals surface area (Å²) in [4.78, 5) is 41.7. The molecule has 0 aliphatic carbocycles. The number of piperazine rings is 1. The van der Waals surface area contributed by atoms with Crippen LogP contribution in [0.5, 0.6) is 0 Å². The third-order valence-corrected chi connectivity index (χ3v) is 7.78. The quantitative estimate of drug-likeness (QED) is 0.173. The van der Waals surface area contributed by atoms with Gasteiger partial charge in [0.2, 0.25) is 5.91 Å². The molecule has 3 aromatic rings. The van der Waals surface area contributed by atoms with E-state index in [2.05, 4.69) is 62.6 Å². The van der Waals surface area contributed by atoms with Crippen LogP contribution in [0.25, 0.3) is 0 Å². The minimum Gasteiger partial charge on any atom is -0.391 e. The smallest absolute Gasteiger partial charge is 0.251 e. The fourth-order valence-electron chi connectivity index (χ4n) is 5.14. The number of amides is 2. The Hall–Kier alpha value is -4.33. The summed E-state index contributed by atoms with van der Waals surface area (Å²) in [5.41, 5.74) is 3.86. The molecule has 1 saturated heterocycles. The normalized spacial score (nSPS) is 14.9. The van der Waals surface area contributed by atoms with Crippen molar-refractivity contribution in [2.75, 3.05) is 44.6 Å². The van der Waals surface area contributed by atoms with Gasteiger partial charge in [-0.1, -0.05) is 42.2 Å². The lowest BCUT2D eigenvalue weighted by Gasteiger charge is -2.34. The van der Waals surface area contributed by atoms with Crippen molar-refractivity contribution in [3.8, 4) is 11.8 Å². The van der Waals surface area contributed by atoms with Crippen LogP contribution in [0, 0.1) is 11.8 Å². The Bertz CT molecular complexity index is 1460. The minimum absolute atomic E-state index is 0.00568. The summed E-state index contributed by atoms with van der Waals surface area (Å²) in [7, 11) is 0. The first-order valence-corrected chi connectivity index (χ1v) is 15.4. The molecule has 45 heavy (non-hydrogen) atoms. The fraction of sp³-hybridized carbons (Fsp3) is 0.361. The fourth-order valence-corrected chi connectivity index (χ4v) is 5.14. The lowest BCUT2D eigenvalue weighted by Crippen LogP contribution is -2.48. The van der Waals surface area contributed by atoms with Gasteiger partial charge in [-0.2, -0.15) is 0 Å². The van der Waals surface area contributed by atoms with Crippen LogP contribution in [0.1, 0.15) is 53.2 Å². The molecule has 1 aliphatic rings. The summed E-state index contributed by atoms with van der Waals surface area (Å²) in [6.45, 7) is 6.90. The van der Waals surface area contributed by atoms with Gasteiger partial charge in [-0.25, -0.2) is 0 Å². The number of anilines is 1. The molecule has 1 aliphatic heterocycles. The average molecular weight is 611 g/mol. The predicted molar refractivity (Wildman–Crippen MR) is 175 cm³/mol. The number of unbranched alkanes of at least 4 members (excludes halogenated alkanes) is 1. The highest BCUT2D eigenvalue weighted by Crippen LogP contribution is 2.13. The van der Waals surface area contributed by atoms with E-state index in [0.29, 0.717) is 17.5 Å². The molecule has 9 nitrogen and oxygen atoms in total. The number of rotatable bonds is 13. The first-order valence-electron chi connectivity index (χ1n) is 15.4. The second-order valence-electron chi connectivity index (χ2n) is 11.3. The molecule has 0 unspecified atom stereocenters. The van der Waals surface area contributed by atoms with Gasteiger partial charge >= 0.3 is 0 Å². The van der Waals surface area contributed by atoms with Crippen molar-refractivity contribution in [1.29, 1.82) is 0 Å². The number of benzene rings is 3. The Labute approximate surface area is 265 Å². The number of hydrogen-bond donors (Lipinski definition) is 4. The van der Waals surface area contributed by atoms with Gasteiger partial charge in [0.1, 0.15) is 12.6 Å². The van der Waals surface area contributed by atoms with Crippen molar-refractivity contribution in [3.05, 3.63) is 101 Å². The standard InChI is InChI=1S/C36H42N4O5/c1-27(42)35(33(43)26-41)38-36(45)31-16-12-28(13-17-31)10-11-29-14-18-32(19-15-29)37-34(44)9-5-6-20-39-21-23-40(24-22-39)25-30-7-3-2-4-8-30/h2-4,7-8,12-19,27,35,41-42H,5-6,9,20-26H2,1H3,(H,37,44)(H,38,45)/t27-,35+/m1/s1. The van der Waals surface area contributed by atoms with Crippen LogP contribution < -0.4 is 10.6 Å². The van der Waals surface area contributed by atoms with Gasteiger partial charge in [-0.3, -0.25) is 19.3 Å². The number of hydrogen-bond acceptors (Lipinski definition) is 7. The lowest BCUT2D eigenvalue weighted by molar-refractivity contribution is -0.126. The average Bonchev–Trinajstić information content (AvgIpc) is 3.06. The lowest BCUT2D eigenvalue weighted by atomic mass is 10.1. The van der Waals surface area contributed by atoms with Crippen molar-refractivity contribution in [1.82, 2.24) is 15.1 Å². The van der Waals surface area contributed by atoms with Gasteiger partial charge in [0, 0.05) is 61.5 Å². The van der Waals surface area contributed by atoms with E-state index in [1.54, 1.807) is 24.3 Å². The van der Waals surface area contributed by atoms with Gasteiger partial charge in [0.25, 0.3) is 5.91 Å². The molecule has 1 heterocycles. The van der Waals surface area contributed by atoms with Gasteiger partial charge in [0.05, 0.1) is 6.10 Å². The van der Waals surface area contributed by atoms with Crippen LogP contribution in [0.3, 0.4) is 0 Å². The van der Waals surface area contributed by atoms with E-state index in [4.69, 9.17) is 5.11 Å². The first kappa shape index (κ1) is 33.6. The second-order valence-corrected chi connectivity index (χ2v) is 11.3. The van der Waals surface area contributed by atoms with Crippen LogP contribution in [0.4, 0.5) is 5.69 Å². The summed E-state index contributed by atoms with van der Waals surface area (Å²) in [5, 5.41) is 24.2. The number of ketones is 1. The van der Waals surface area contributed by atoms with Crippen LogP contribution >= 0.6 is 0 Å². The van der Waals surface area contributed by atoms with Gasteiger partial charge < -0.3 is 25.7 Å². The molecule has 0 aromatic heterocycles. The molecule has 1 fully saturated rings. The third-order valence-electron chi connectivity index (χ3n) is 7.78. The van der Waals surface area contributed by atoms with E-state index in [1.807, 2.05) is 24.3 Å². The van der Waals surface area contributed by atoms with Gasteiger partial charge in [-0.05, 0) is 80.4 Å². The monoisotopic (exact) mass is 610 g/mol. The Balaban J connectivity index is 1.14. The molecule has 2 atom stereocenters. The molecule has 3 aromatic carbocycles. The predicted octanol–water partition coefficient (Wildman–Crippen LogP) is 3.05. The molecular formula is C36H42N4O5. The van der Waals surface area contributed by atoms with Crippen molar-refractivity contribution in [2.45, 2.75) is 44.9 Å². The highest BCUT2D eigenvalue weighted by molar-refractivity contribution is 5.98. The maximum Gasteiger partial charge on any atom is 0.251 e. The molecule has 236 valence electrons. The van der Waals surface area contributed by atoms with E-state index >= 15 is 0 Å². The van der Waals surface area contributed by atoms with Crippen molar-refractivity contribution in [3.63, 3.8) is 0 Å². The number of carbonyl (C=O) groups is 3. The van der Waals surface area contributed by atoms with Crippen LogP contribution in [-0.2, 0) is 16.1 Å². The first-order chi connectivity index (χ1) is 21.8. The van der Waals surface area contributed by atoms with E-state index in [0.717, 1.165) is 63.4 Å². The van der Waals surface area contributed by atoms with Crippen LogP contribution in [0.2, 0.25) is 0 Å². The molecule has 0 spiro atoms. The molecule has 0 radical (unpaired) electrons. The summed E-state index contributed by atoms with van der Waals surface area (Å²) in [6.07, 6.45) is 1.20. The number of nitrogens with zero attached hydrogens (tertiary/aromatic N) is 2. The van der Waals surface area contributed by atoms with Crippen molar-refractivity contribution < 1.29 is 24.6 Å². The zero-order valence-electron chi connectivity index (χ0n) is 25.7. The molecule has 4 rings (SSSR count). The summed E-state index contributed by atoms with van der Waals surface area (Å²) in [5.74, 6) is 4.92. The number of Topliss-reactive ketones (excluding diaryl/α,β-unsaturated/α-hetero) is 1. The topological polar surface area (TPSA) is 122 Å². The largest absolute Gasteiger partial charge is 0.391 e. The van der Waals surface area contributed by atoms with Crippen molar-refractivity contribution in [2.24, 2.45) is 0 Å². The van der Waals surface area contributed by atoms with E-state index in [9.17, 15) is 19.5 Å². The SMILES string of the molecule is C[C@@H](O)[C@H](NC(=O)c1ccc(C#Cc2ccc(NC(=O)CCCCN3CCN(Cc4ccccc4)CC3)cc2)cc1)C(=O)CO. The van der Waals surface area contributed by atoms with Crippen LogP contribution in [0.15, 0.2) is 78.9 Å². The summed E-state index contributed by atoms with van der Waals surface area (Å²) >= 11 is 0. The minimum atomic E-state index is -1.18. The maximum absolute atomic E-state index is 12.5. The number of nitrogens with one attached hydrogen (secondary N) is 2. The Morgan fingerprint density at radius 3 is 2.02 bits per heavy atom. The van der Waals surface area contributed by atoms with Gasteiger partial charge in [-0.15, -0.1) is 0 Å². The van der Waals surface area contributed by atoms with Crippen LogP contribution in [-0.4, -0.2) is 89.1 Å². The third kappa shape index (κ3) is 11.0. The zero-order chi connectivity index (χ0) is 32.0. The number of carbonyl (C=O) groups excluding carboxylic acids is 3. The van der Waals surface area contributed by atoms with E-state index in [1.165, 1.54) is 12.5 Å². The second kappa shape index (κ2) is 17.2. The molecule has 0 bridgehead atoms. The molecule has 4 N–H and O–H groups in total. The maximum atomic E-state index is 12.5. The molecule has 2 amide bonds. The molecular weight excluding hydrogens is 568 g/mol. The Kier molecular flexibility index (Phi) is 12.9. The zero-order valence-corrected chi connectivity index (χ0v) is 25.7. The molecule has 9 heteroatoms. The van der Waals surface area contributed by atoms with E-state index in [-0.39, 0.29) is 5.91 Å². The summed E-state index contributed by atoms with van der Waals surface area (Å²) < 4.78 is 0. The van der Waals surface area contributed by atoms with Crippen molar-refractivity contribution >= 4 is 23.3 Å². The summed E-state index contributed by atoms with van der Waals surface area (Å²) in [6, 6.07) is 23.3. The Morgan fingerprint density at radius 2 is 1.42 bits per heavy atom. The number of aliphatic hydroxyl groups excluding tert-OH is 2. The van der Waals surface area contributed by atoms with Gasteiger partial charge in [0.15, 0.2) is 5.78 Å². The number of aliphatic hydroxyl groups is 2. The highest BCUT2D eigenvalue weighted by Gasteiger charge is 2.25. The highest BCUT2D eigenvalue weighted by atomic mass is 16.3. The van der Waals surface area contributed by atoms with E-state index < -0.39 is 30.4 Å².